The van der Waals surface area contributed by atoms with Crippen LogP contribution in [0.5, 0.6) is 0 Å². The summed E-state index contributed by atoms with van der Waals surface area (Å²) in [6.07, 6.45) is 2.04. The molecular formula is C18H17BrN2O4. The second kappa shape index (κ2) is 7.65. The smallest absolute Gasteiger partial charge is 0.338 e. The fraction of sp³-hybridized carbons (Fsp3) is 0.278. The summed E-state index contributed by atoms with van der Waals surface area (Å²) >= 11 is 3.36. The molecule has 25 heavy (non-hydrogen) atoms. The second-order valence-electron chi connectivity index (χ2n) is 5.86. The number of ether oxygens (including phenoxy) is 1. The summed E-state index contributed by atoms with van der Waals surface area (Å²) in [6, 6.07) is 12.0. The van der Waals surface area contributed by atoms with Crippen LogP contribution in [0.1, 0.15) is 28.8 Å². The van der Waals surface area contributed by atoms with Gasteiger partial charge < -0.3 is 9.64 Å². The Morgan fingerprint density at radius 1 is 1.20 bits per heavy atom. The Balaban J connectivity index is 1.76. The monoisotopic (exact) mass is 404 g/mol. The van der Waals surface area contributed by atoms with Crippen molar-refractivity contribution in [1.29, 1.82) is 0 Å². The molecule has 0 unspecified atom stereocenters. The van der Waals surface area contributed by atoms with E-state index in [1.165, 1.54) is 6.07 Å². The molecule has 1 aliphatic rings. The molecule has 0 radical (unpaired) electrons. The molecule has 0 aromatic heterocycles. The Morgan fingerprint density at radius 3 is 2.64 bits per heavy atom. The van der Waals surface area contributed by atoms with Crippen molar-refractivity contribution >= 4 is 33.3 Å². The summed E-state index contributed by atoms with van der Waals surface area (Å²) in [7, 11) is 0. The first-order valence-electron chi connectivity index (χ1n) is 7.99. The number of carbonyl (C=O) groups is 1. The Bertz CT molecular complexity index is 803. The van der Waals surface area contributed by atoms with Gasteiger partial charge in [0, 0.05) is 23.6 Å². The zero-order valence-corrected chi connectivity index (χ0v) is 15.1. The molecule has 1 fully saturated rings. The van der Waals surface area contributed by atoms with Gasteiger partial charge in [-0.15, -0.1) is 0 Å². The zero-order valence-electron chi connectivity index (χ0n) is 13.5. The van der Waals surface area contributed by atoms with Gasteiger partial charge in [-0.2, -0.15) is 0 Å². The lowest BCUT2D eigenvalue weighted by atomic mass is 10.1. The van der Waals surface area contributed by atoms with E-state index in [1.54, 1.807) is 12.1 Å². The maximum Gasteiger partial charge on any atom is 0.338 e. The first-order chi connectivity index (χ1) is 12.0. The van der Waals surface area contributed by atoms with Crippen LogP contribution in [0.2, 0.25) is 0 Å². The highest BCUT2D eigenvalue weighted by Crippen LogP contribution is 2.31. The number of benzene rings is 2. The van der Waals surface area contributed by atoms with Gasteiger partial charge in [0.25, 0.3) is 5.69 Å². The number of esters is 1. The average molecular weight is 405 g/mol. The lowest BCUT2D eigenvalue weighted by molar-refractivity contribution is -0.384. The van der Waals surface area contributed by atoms with E-state index < -0.39 is 10.9 Å². The van der Waals surface area contributed by atoms with Crippen LogP contribution in [0, 0.1) is 10.1 Å². The third kappa shape index (κ3) is 4.17. The van der Waals surface area contributed by atoms with Crippen molar-refractivity contribution in [3.05, 3.63) is 68.2 Å². The predicted molar refractivity (Wildman–Crippen MR) is 97.8 cm³/mol. The van der Waals surface area contributed by atoms with Gasteiger partial charge in [-0.3, -0.25) is 10.1 Å². The Labute approximate surface area is 153 Å². The van der Waals surface area contributed by atoms with E-state index in [9.17, 15) is 14.9 Å². The minimum absolute atomic E-state index is 0.0567. The van der Waals surface area contributed by atoms with Crippen LogP contribution in [0.4, 0.5) is 11.4 Å². The SMILES string of the molecule is O=C(OCc1cccc(Br)c1)c1ccc(N2CCCC2)c([N+](=O)[O-])c1. The van der Waals surface area contributed by atoms with Crippen molar-refractivity contribution in [3.63, 3.8) is 0 Å². The molecule has 6 nitrogen and oxygen atoms in total. The van der Waals surface area contributed by atoms with Crippen LogP contribution in [0.25, 0.3) is 0 Å². The van der Waals surface area contributed by atoms with E-state index in [1.807, 2.05) is 29.2 Å². The zero-order chi connectivity index (χ0) is 17.8. The maximum atomic E-state index is 12.2. The maximum absolute atomic E-state index is 12.2. The van der Waals surface area contributed by atoms with Crippen LogP contribution < -0.4 is 4.90 Å². The van der Waals surface area contributed by atoms with Crippen molar-refractivity contribution in [3.8, 4) is 0 Å². The van der Waals surface area contributed by atoms with Gasteiger partial charge in [-0.1, -0.05) is 28.1 Å². The average Bonchev–Trinajstić information content (AvgIpc) is 3.13. The molecule has 1 heterocycles. The summed E-state index contributed by atoms with van der Waals surface area (Å²) < 4.78 is 6.17. The molecule has 2 aromatic rings. The summed E-state index contributed by atoms with van der Waals surface area (Å²) in [5, 5.41) is 11.4. The molecule has 130 valence electrons. The highest BCUT2D eigenvalue weighted by atomic mass is 79.9. The number of carbonyl (C=O) groups excluding carboxylic acids is 1. The fourth-order valence-corrected chi connectivity index (χ4v) is 3.33. The number of nitro benzene ring substituents is 1. The van der Waals surface area contributed by atoms with Gasteiger partial charge in [-0.25, -0.2) is 4.79 Å². The van der Waals surface area contributed by atoms with E-state index in [-0.39, 0.29) is 17.9 Å². The van der Waals surface area contributed by atoms with Gasteiger partial charge in [0.2, 0.25) is 0 Å². The van der Waals surface area contributed by atoms with Crippen LogP contribution >= 0.6 is 15.9 Å². The van der Waals surface area contributed by atoms with Gasteiger partial charge >= 0.3 is 5.97 Å². The quantitative estimate of drug-likeness (QED) is 0.421. The van der Waals surface area contributed by atoms with Gasteiger partial charge in [0.05, 0.1) is 10.5 Å². The van der Waals surface area contributed by atoms with E-state index in [2.05, 4.69) is 15.9 Å². The highest BCUT2D eigenvalue weighted by Gasteiger charge is 2.24. The topological polar surface area (TPSA) is 72.7 Å². The van der Waals surface area contributed by atoms with E-state index in [0.29, 0.717) is 5.69 Å². The molecule has 0 amide bonds. The number of anilines is 1. The largest absolute Gasteiger partial charge is 0.457 e. The summed E-state index contributed by atoms with van der Waals surface area (Å²) in [5.41, 5.74) is 1.53. The number of nitrogens with zero attached hydrogens (tertiary/aromatic N) is 2. The number of rotatable bonds is 5. The Morgan fingerprint density at radius 2 is 1.96 bits per heavy atom. The van der Waals surface area contributed by atoms with Crippen molar-refractivity contribution in [2.75, 3.05) is 18.0 Å². The fourth-order valence-electron chi connectivity index (χ4n) is 2.88. The van der Waals surface area contributed by atoms with Crippen LogP contribution in [-0.2, 0) is 11.3 Å². The normalized spacial score (nSPS) is 13.7. The molecule has 2 aromatic carbocycles. The van der Waals surface area contributed by atoms with Crippen molar-refractivity contribution < 1.29 is 14.5 Å². The standard InChI is InChI=1S/C18H17BrN2O4/c19-15-5-3-4-13(10-15)12-25-18(22)14-6-7-16(17(11-14)21(23)24)20-8-1-2-9-20/h3-7,10-11H,1-2,8-9,12H2. The Hall–Kier alpha value is -2.41. The minimum atomic E-state index is -0.573. The molecule has 0 saturated carbocycles. The molecule has 0 atom stereocenters. The van der Waals surface area contributed by atoms with Crippen molar-refractivity contribution in [2.24, 2.45) is 0 Å². The molecule has 0 bridgehead atoms. The predicted octanol–water partition coefficient (Wildman–Crippen LogP) is 4.31. The Kier molecular flexibility index (Phi) is 5.33. The molecule has 1 saturated heterocycles. The molecule has 3 rings (SSSR count). The summed E-state index contributed by atoms with van der Waals surface area (Å²) in [6.45, 7) is 1.71. The number of nitro groups is 1. The van der Waals surface area contributed by atoms with Crippen molar-refractivity contribution in [1.82, 2.24) is 0 Å². The lowest BCUT2D eigenvalue weighted by Crippen LogP contribution is -2.19. The highest BCUT2D eigenvalue weighted by molar-refractivity contribution is 9.10. The number of hydrogen-bond donors (Lipinski definition) is 0. The summed E-state index contributed by atoms with van der Waals surface area (Å²) in [4.78, 5) is 25.2. The number of halogens is 1. The lowest BCUT2D eigenvalue weighted by Gasteiger charge is -2.17. The van der Waals surface area contributed by atoms with E-state index in [4.69, 9.17) is 4.74 Å². The number of hydrogen-bond acceptors (Lipinski definition) is 5. The molecule has 0 aliphatic carbocycles. The first-order valence-corrected chi connectivity index (χ1v) is 8.79. The molecule has 0 spiro atoms. The van der Waals surface area contributed by atoms with Gasteiger partial charge in [0.15, 0.2) is 0 Å². The van der Waals surface area contributed by atoms with Crippen LogP contribution in [-0.4, -0.2) is 24.0 Å². The second-order valence-corrected chi connectivity index (χ2v) is 6.78. The van der Waals surface area contributed by atoms with E-state index >= 15 is 0 Å². The third-order valence-corrected chi connectivity index (χ3v) is 4.61. The van der Waals surface area contributed by atoms with Gasteiger partial charge in [-0.05, 0) is 42.7 Å². The van der Waals surface area contributed by atoms with Crippen LogP contribution in [0.3, 0.4) is 0 Å². The molecule has 7 heteroatoms. The van der Waals surface area contributed by atoms with Crippen LogP contribution in [0.15, 0.2) is 46.9 Å². The minimum Gasteiger partial charge on any atom is -0.457 e. The first kappa shape index (κ1) is 17.4. The molecule has 0 N–H and O–H groups in total. The summed E-state index contributed by atoms with van der Waals surface area (Å²) in [5.74, 6) is -0.573. The third-order valence-electron chi connectivity index (χ3n) is 4.11. The van der Waals surface area contributed by atoms with E-state index in [0.717, 1.165) is 36.0 Å². The van der Waals surface area contributed by atoms with Gasteiger partial charge in [0.1, 0.15) is 12.3 Å². The molecular weight excluding hydrogens is 388 g/mol. The molecule has 1 aliphatic heterocycles. The van der Waals surface area contributed by atoms with Crippen molar-refractivity contribution in [2.45, 2.75) is 19.4 Å².